The van der Waals surface area contributed by atoms with Crippen LogP contribution in [0, 0.1) is 13.8 Å². The van der Waals surface area contributed by atoms with Gasteiger partial charge in [0, 0.05) is 14.0 Å². The number of carbonyl (C=O) groups is 1. The summed E-state index contributed by atoms with van der Waals surface area (Å²) in [5.74, 6) is -0.156. The average Bonchev–Trinajstić information content (AvgIpc) is 2.41. The fraction of sp³-hybridized carbons (Fsp3) is 0.333. The van der Waals surface area contributed by atoms with Crippen LogP contribution in [0.25, 0.3) is 10.2 Å². The number of aryl methyl sites for hydroxylation is 3. The average molecular weight is 234 g/mol. The summed E-state index contributed by atoms with van der Waals surface area (Å²) in [4.78, 5) is 15.8. The van der Waals surface area contributed by atoms with Gasteiger partial charge in [-0.2, -0.15) is 4.99 Å². The number of carbonyl (C=O) groups excluding carboxylic acids is 1. The minimum absolute atomic E-state index is 0.156. The number of hydrogen-bond donors (Lipinski definition) is 0. The maximum absolute atomic E-state index is 11.0. The van der Waals surface area contributed by atoms with E-state index >= 15 is 0 Å². The normalized spacial score (nSPS) is 12.4. The molecular weight excluding hydrogens is 220 g/mol. The summed E-state index contributed by atoms with van der Waals surface area (Å²) < 4.78 is 3.16. The largest absolute Gasteiger partial charge is 0.319 e. The molecular formula is C12H14N2OS. The minimum Gasteiger partial charge on any atom is -0.319 e. The first-order valence-corrected chi connectivity index (χ1v) is 5.93. The quantitative estimate of drug-likeness (QED) is 0.688. The van der Waals surface area contributed by atoms with E-state index in [0.717, 1.165) is 10.3 Å². The summed E-state index contributed by atoms with van der Waals surface area (Å²) in [6.07, 6.45) is 0. The van der Waals surface area contributed by atoms with Crippen LogP contribution in [-0.2, 0) is 11.8 Å². The maximum atomic E-state index is 11.0. The van der Waals surface area contributed by atoms with Gasteiger partial charge in [-0.3, -0.25) is 4.79 Å². The predicted octanol–water partition coefficient (Wildman–Crippen LogP) is 2.30. The lowest BCUT2D eigenvalue weighted by Gasteiger charge is -2.01. The second-order valence-corrected chi connectivity index (χ2v) is 5.01. The number of rotatable bonds is 0. The van der Waals surface area contributed by atoms with Crippen molar-refractivity contribution in [3.63, 3.8) is 0 Å². The SMILES string of the molecule is CC(=O)N=c1sc2cc(C)cc(C)c2n1C. The zero-order valence-corrected chi connectivity index (χ0v) is 10.7. The summed E-state index contributed by atoms with van der Waals surface area (Å²) in [7, 11) is 1.95. The van der Waals surface area contributed by atoms with Crippen molar-refractivity contribution in [2.45, 2.75) is 20.8 Å². The van der Waals surface area contributed by atoms with Gasteiger partial charge in [0.2, 0.25) is 5.91 Å². The molecule has 1 aromatic heterocycles. The van der Waals surface area contributed by atoms with Crippen molar-refractivity contribution >= 4 is 27.5 Å². The molecule has 0 N–H and O–H groups in total. The Morgan fingerprint density at radius 2 is 2.06 bits per heavy atom. The molecule has 1 aromatic carbocycles. The van der Waals surface area contributed by atoms with E-state index in [2.05, 4.69) is 31.0 Å². The Kier molecular flexibility index (Phi) is 2.68. The zero-order chi connectivity index (χ0) is 11.9. The Bertz CT molecular complexity index is 634. The molecule has 3 nitrogen and oxygen atoms in total. The first-order chi connectivity index (χ1) is 7.49. The van der Waals surface area contributed by atoms with Crippen LogP contribution < -0.4 is 4.80 Å². The highest BCUT2D eigenvalue weighted by Gasteiger charge is 2.06. The minimum atomic E-state index is -0.156. The van der Waals surface area contributed by atoms with E-state index in [1.165, 1.54) is 22.8 Å². The fourth-order valence-electron chi connectivity index (χ4n) is 1.92. The Balaban J connectivity index is 2.88. The van der Waals surface area contributed by atoms with E-state index in [4.69, 9.17) is 0 Å². The summed E-state index contributed by atoms with van der Waals surface area (Å²) in [5.41, 5.74) is 3.62. The number of thiazole rings is 1. The molecule has 2 rings (SSSR count). The number of nitrogens with zero attached hydrogens (tertiary/aromatic N) is 2. The first kappa shape index (κ1) is 11.1. The van der Waals surface area contributed by atoms with E-state index in [9.17, 15) is 4.79 Å². The van der Waals surface area contributed by atoms with Crippen molar-refractivity contribution in [3.05, 3.63) is 28.1 Å². The molecule has 2 aromatic rings. The lowest BCUT2D eigenvalue weighted by atomic mass is 10.1. The highest BCUT2D eigenvalue weighted by atomic mass is 32.1. The van der Waals surface area contributed by atoms with E-state index in [0.29, 0.717) is 0 Å². The molecule has 16 heavy (non-hydrogen) atoms. The standard InChI is InChI=1S/C12H14N2OS/c1-7-5-8(2)11-10(6-7)16-12(14(11)4)13-9(3)15/h5-6H,1-4H3. The zero-order valence-electron chi connectivity index (χ0n) is 9.87. The van der Waals surface area contributed by atoms with Gasteiger partial charge in [-0.15, -0.1) is 0 Å². The van der Waals surface area contributed by atoms with Gasteiger partial charge in [0.15, 0.2) is 4.80 Å². The van der Waals surface area contributed by atoms with Gasteiger partial charge in [-0.05, 0) is 31.0 Å². The highest BCUT2D eigenvalue weighted by molar-refractivity contribution is 7.16. The van der Waals surface area contributed by atoms with Crippen molar-refractivity contribution in [1.29, 1.82) is 0 Å². The molecule has 0 spiro atoms. The Labute approximate surface area is 98.1 Å². The molecule has 0 atom stereocenters. The van der Waals surface area contributed by atoms with Crippen LogP contribution in [0.4, 0.5) is 0 Å². The monoisotopic (exact) mass is 234 g/mol. The molecule has 1 heterocycles. The van der Waals surface area contributed by atoms with E-state index < -0.39 is 0 Å². The van der Waals surface area contributed by atoms with Gasteiger partial charge in [0.1, 0.15) is 0 Å². The van der Waals surface area contributed by atoms with Crippen molar-refractivity contribution in [3.8, 4) is 0 Å². The third-order valence-electron chi connectivity index (χ3n) is 2.49. The Morgan fingerprint density at radius 3 is 2.69 bits per heavy atom. The summed E-state index contributed by atoms with van der Waals surface area (Å²) >= 11 is 1.56. The van der Waals surface area contributed by atoms with E-state index in [1.54, 1.807) is 11.3 Å². The number of benzene rings is 1. The van der Waals surface area contributed by atoms with Crippen molar-refractivity contribution in [2.24, 2.45) is 12.0 Å². The molecule has 84 valence electrons. The van der Waals surface area contributed by atoms with Crippen LogP contribution in [0.5, 0.6) is 0 Å². The molecule has 1 amide bonds. The number of hydrogen-bond acceptors (Lipinski definition) is 2. The first-order valence-electron chi connectivity index (χ1n) is 5.11. The van der Waals surface area contributed by atoms with Crippen molar-refractivity contribution in [2.75, 3.05) is 0 Å². The lowest BCUT2D eigenvalue weighted by Crippen LogP contribution is -2.12. The summed E-state index contributed by atoms with van der Waals surface area (Å²) in [5, 5.41) is 0. The van der Waals surface area contributed by atoms with Crippen LogP contribution >= 0.6 is 11.3 Å². The number of aromatic nitrogens is 1. The van der Waals surface area contributed by atoms with Crippen molar-refractivity contribution < 1.29 is 4.79 Å². The van der Waals surface area contributed by atoms with Gasteiger partial charge in [-0.25, -0.2) is 0 Å². The molecule has 0 saturated carbocycles. The summed E-state index contributed by atoms with van der Waals surface area (Å²) in [6.45, 7) is 5.63. The van der Waals surface area contributed by atoms with Crippen molar-refractivity contribution in [1.82, 2.24) is 4.57 Å². The van der Waals surface area contributed by atoms with Gasteiger partial charge in [-0.1, -0.05) is 17.4 Å². The van der Waals surface area contributed by atoms with E-state index in [1.807, 2.05) is 11.6 Å². The smallest absolute Gasteiger partial charge is 0.245 e. The van der Waals surface area contributed by atoms with Gasteiger partial charge in [0.05, 0.1) is 10.2 Å². The predicted molar refractivity (Wildman–Crippen MR) is 66.5 cm³/mol. The van der Waals surface area contributed by atoms with Gasteiger partial charge in [0.25, 0.3) is 0 Å². The third-order valence-corrected chi connectivity index (χ3v) is 3.57. The fourth-order valence-corrected chi connectivity index (χ4v) is 3.16. The molecule has 0 radical (unpaired) electrons. The van der Waals surface area contributed by atoms with Crippen LogP contribution in [-0.4, -0.2) is 10.5 Å². The van der Waals surface area contributed by atoms with E-state index in [-0.39, 0.29) is 5.91 Å². The summed E-state index contributed by atoms with van der Waals surface area (Å²) in [6, 6.07) is 4.28. The Morgan fingerprint density at radius 1 is 1.38 bits per heavy atom. The molecule has 0 saturated heterocycles. The van der Waals surface area contributed by atoms with Crippen LogP contribution in [0.3, 0.4) is 0 Å². The molecule has 0 aliphatic rings. The molecule has 0 unspecified atom stereocenters. The molecule has 0 bridgehead atoms. The maximum Gasteiger partial charge on any atom is 0.245 e. The Hall–Kier alpha value is -1.42. The third kappa shape index (κ3) is 1.80. The number of amides is 1. The molecule has 0 aliphatic carbocycles. The second kappa shape index (κ2) is 3.87. The van der Waals surface area contributed by atoms with Crippen LogP contribution in [0.15, 0.2) is 17.1 Å². The van der Waals surface area contributed by atoms with Gasteiger partial charge < -0.3 is 4.57 Å². The molecule has 0 fully saturated rings. The van der Waals surface area contributed by atoms with Crippen LogP contribution in [0.2, 0.25) is 0 Å². The number of fused-ring (bicyclic) bond motifs is 1. The van der Waals surface area contributed by atoms with Crippen LogP contribution in [0.1, 0.15) is 18.1 Å². The second-order valence-electron chi connectivity index (χ2n) is 4.00. The highest BCUT2D eigenvalue weighted by Crippen LogP contribution is 2.22. The lowest BCUT2D eigenvalue weighted by molar-refractivity contribution is -0.116. The molecule has 4 heteroatoms. The van der Waals surface area contributed by atoms with Gasteiger partial charge >= 0.3 is 0 Å². The topological polar surface area (TPSA) is 34.4 Å². The molecule has 0 aliphatic heterocycles.